The number of benzene rings is 3. The zero-order valence-corrected chi connectivity index (χ0v) is 17.7. The molecule has 4 aromatic rings. The van der Waals surface area contributed by atoms with Crippen LogP contribution in [-0.2, 0) is 13.1 Å². The van der Waals surface area contributed by atoms with E-state index in [1.807, 2.05) is 37.3 Å². The van der Waals surface area contributed by atoms with Crippen LogP contribution in [0.5, 0.6) is 5.75 Å². The summed E-state index contributed by atoms with van der Waals surface area (Å²) in [4.78, 5) is 27.0. The number of rotatable bonds is 5. The number of amides is 1. The highest BCUT2D eigenvalue weighted by Crippen LogP contribution is 2.34. The standard InChI is InChI=1S/C25H21FN2O4/c1-15-19-5-3-4-6-20(19)24(29)27(15)14-17-11-21(26)23-22(12-17)32-25(30)28(23)13-16-7-9-18(31-2)10-8-16/h3-12,15H,13-14H2,1-2H3. The summed E-state index contributed by atoms with van der Waals surface area (Å²) in [6.45, 7) is 2.34. The number of nitrogens with zero attached hydrogens (tertiary/aromatic N) is 2. The summed E-state index contributed by atoms with van der Waals surface area (Å²) in [7, 11) is 1.57. The highest BCUT2D eigenvalue weighted by molar-refractivity contribution is 5.99. The Labute approximate surface area is 183 Å². The predicted molar refractivity (Wildman–Crippen MR) is 117 cm³/mol. The maximum Gasteiger partial charge on any atom is 0.420 e. The van der Waals surface area contributed by atoms with Gasteiger partial charge >= 0.3 is 5.76 Å². The number of hydrogen-bond acceptors (Lipinski definition) is 4. The van der Waals surface area contributed by atoms with E-state index in [4.69, 9.17) is 9.15 Å². The normalized spacial score (nSPS) is 15.4. The van der Waals surface area contributed by atoms with Crippen LogP contribution >= 0.6 is 0 Å². The fourth-order valence-electron chi connectivity index (χ4n) is 4.32. The zero-order valence-electron chi connectivity index (χ0n) is 17.7. The van der Waals surface area contributed by atoms with Crippen LogP contribution < -0.4 is 10.5 Å². The minimum absolute atomic E-state index is 0.0906. The molecule has 6 nitrogen and oxygen atoms in total. The predicted octanol–water partition coefficient (Wildman–Crippen LogP) is 4.51. The molecular weight excluding hydrogens is 411 g/mol. The van der Waals surface area contributed by atoms with Gasteiger partial charge in [0.2, 0.25) is 0 Å². The number of carbonyl (C=O) groups is 1. The molecule has 32 heavy (non-hydrogen) atoms. The van der Waals surface area contributed by atoms with Crippen molar-refractivity contribution in [2.24, 2.45) is 0 Å². The minimum Gasteiger partial charge on any atom is -0.497 e. The molecule has 0 fully saturated rings. The molecular formula is C25H21FN2O4. The Morgan fingerprint density at radius 3 is 2.47 bits per heavy atom. The van der Waals surface area contributed by atoms with Gasteiger partial charge in [0.05, 0.1) is 19.7 Å². The molecule has 1 amide bonds. The summed E-state index contributed by atoms with van der Waals surface area (Å²) in [5.74, 6) is -0.590. The van der Waals surface area contributed by atoms with E-state index >= 15 is 4.39 Å². The molecule has 0 spiro atoms. The third-order valence-corrected chi connectivity index (χ3v) is 6.00. The average molecular weight is 432 g/mol. The van der Waals surface area contributed by atoms with Crippen LogP contribution in [-0.4, -0.2) is 22.5 Å². The van der Waals surface area contributed by atoms with Gasteiger partial charge in [-0.3, -0.25) is 9.36 Å². The van der Waals surface area contributed by atoms with Crippen molar-refractivity contribution in [3.63, 3.8) is 0 Å². The molecule has 2 heterocycles. The number of ether oxygens (including phenoxy) is 1. The van der Waals surface area contributed by atoms with E-state index in [2.05, 4.69) is 0 Å². The van der Waals surface area contributed by atoms with Crippen LogP contribution in [0.3, 0.4) is 0 Å². The molecule has 162 valence electrons. The molecule has 1 unspecified atom stereocenters. The van der Waals surface area contributed by atoms with Crippen LogP contribution in [0.4, 0.5) is 4.39 Å². The first kappa shape index (κ1) is 20.1. The number of methoxy groups -OCH3 is 1. The molecule has 5 rings (SSSR count). The van der Waals surface area contributed by atoms with Gasteiger partial charge in [-0.2, -0.15) is 0 Å². The molecule has 1 aliphatic rings. The van der Waals surface area contributed by atoms with Crippen molar-refractivity contribution >= 4 is 17.0 Å². The summed E-state index contributed by atoms with van der Waals surface area (Å²) in [5.41, 5.74) is 3.27. The van der Waals surface area contributed by atoms with Gasteiger partial charge in [0.1, 0.15) is 11.3 Å². The van der Waals surface area contributed by atoms with Gasteiger partial charge in [-0.1, -0.05) is 30.3 Å². The Bertz CT molecular complexity index is 1390. The number of carbonyl (C=O) groups excluding carboxylic acids is 1. The quantitative estimate of drug-likeness (QED) is 0.466. The largest absolute Gasteiger partial charge is 0.497 e. The summed E-state index contributed by atoms with van der Waals surface area (Å²) in [6, 6.07) is 17.5. The molecule has 0 bridgehead atoms. The third kappa shape index (κ3) is 3.26. The topological polar surface area (TPSA) is 64.7 Å². The number of hydrogen-bond donors (Lipinski definition) is 0. The number of fused-ring (bicyclic) bond motifs is 2. The molecule has 1 atom stereocenters. The lowest BCUT2D eigenvalue weighted by atomic mass is 10.1. The fraction of sp³-hybridized carbons (Fsp3) is 0.200. The number of oxazole rings is 1. The summed E-state index contributed by atoms with van der Waals surface area (Å²) in [5, 5.41) is 0. The van der Waals surface area contributed by atoms with Crippen molar-refractivity contribution < 1.29 is 18.3 Å². The van der Waals surface area contributed by atoms with Crippen molar-refractivity contribution in [3.8, 4) is 5.75 Å². The second kappa shape index (κ2) is 7.67. The van der Waals surface area contributed by atoms with Crippen LogP contribution in [0.25, 0.3) is 11.1 Å². The first-order chi connectivity index (χ1) is 15.5. The molecule has 0 saturated carbocycles. The summed E-state index contributed by atoms with van der Waals surface area (Å²) < 4.78 is 26.9. The molecule has 0 aliphatic carbocycles. The smallest absolute Gasteiger partial charge is 0.420 e. The van der Waals surface area contributed by atoms with Gasteiger partial charge in [-0.15, -0.1) is 0 Å². The van der Waals surface area contributed by atoms with Gasteiger partial charge < -0.3 is 14.1 Å². The van der Waals surface area contributed by atoms with Crippen molar-refractivity contribution in [2.75, 3.05) is 7.11 Å². The molecule has 0 N–H and O–H groups in total. The fourth-order valence-corrected chi connectivity index (χ4v) is 4.32. The Balaban J connectivity index is 1.46. The Morgan fingerprint density at radius 1 is 1.00 bits per heavy atom. The van der Waals surface area contributed by atoms with Crippen molar-refractivity contribution in [3.05, 3.63) is 99.3 Å². The monoisotopic (exact) mass is 432 g/mol. The average Bonchev–Trinajstić information content (AvgIpc) is 3.23. The minimum atomic E-state index is -0.634. The summed E-state index contributed by atoms with van der Waals surface area (Å²) >= 11 is 0. The van der Waals surface area contributed by atoms with Crippen molar-refractivity contribution in [1.29, 1.82) is 0 Å². The van der Waals surface area contributed by atoms with Gasteiger partial charge in [0.15, 0.2) is 11.4 Å². The van der Waals surface area contributed by atoms with Gasteiger partial charge in [-0.25, -0.2) is 9.18 Å². The molecule has 1 aromatic heterocycles. The van der Waals surface area contributed by atoms with Crippen molar-refractivity contribution in [2.45, 2.75) is 26.1 Å². The van der Waals surface area contributed by atoms with E-state index < -0.39 is 11.6 Å². The second-order valence-corrected chi connectivity index (χ2v) is 7.92. The zero-order chi connectivity index (χ0) is 22.4. The highest BCUT2D eigenvalue weighted by atomic mass is 19.1. The molecule has 0 saturated heterocycles. The van der Waals surface area contributed by atoms with Gasteiger partial charge in [0.25, 0.3) is 5.91 Å². The van der Waals surface area contributed by atoms with E-state index in [1.165, 1.54) is 10.6 Å². The molecule has 0 radical (unpaired) electrons. The summed E-state index contributed by atoms with van der Waals surface area (Å²) in [6.07, 6.45) is 0. The maximum absolute atomic E-state index is 15.1. The molecule has 1 aliphatic heterocycles. The van der Waals surface area contributed by atoms with Crippen molar-refractivity contribution in [1.82, 2.24) is 9.47 Å². The third-order valence-electron chi connectivity index (χ3n) is 6.00. The van der Waals surface area contributed by atoms with Crippen LogP contribution in [0.1, 0.15) is 40.0 Å². The maximum atomic E-state index is 15.1. The van der Waals surface area contributed by atoms with Gasteiger partial charge in [0, 0.05) is 12.1 Å². The number of halogens is 1. The van der Waals surface area contributed by atoms with E-state index in [0.717, 1.165) is 11.1 Å². The second-order valence-electron chi connectivity index (χ2n) is 7.92. The van der Waals surface area contributed by atoms with E-state index in [9.17, 15) is 9.59 Å². The van der Waals surface area contributed by atoms with E-state index in [-0.39, 0.29) is 36.1 Å². The Kier molecular flexibility index (Phi) is 4.81. The van der Waals surface area contributed by atoms with E-state index in [0.29, 0.717) is 16.9 Å². The first-order valence-electron chi connectivity index (χ1n) is 10.3. The van der Waals surface area contributed by atoms with Crippen LogP contribution in [0.2, 0.25) is 0 Å². The van der Waals surface area contributed by atoms with Crippen LogP contribution in [0, 0.1) is 5.82 Å². The van der Waals surface area contributed by atoms with Crippen LogP contribution in [0.15, 0.2) is 69.9 Å². The Hall–Kier alpha value is -3.87. The Morgan fingerprint density at radius 2 is 1.75 bits per heavy atom. The SMILES string of the molecule is COc1ccc(Cn2c(=O)oc3cc(CN4C(=O)c5ccccc5C4C)cc(F)c32)cc1. The lowest BCUT2D eigenvalue weighted by Crippen LogP contribution is -2.26. The highest BCUT2D eigenvalue weighted by Gasteiger charge is 2.33. The molecule has 3 aromatic carbocycles. The number of aromatic nitrogens is 1. The lowest BCUT2D eigenvalue weighted by molar-refractivity contribution is 0.0722. The van der Waals surface area contributed by atoms with Gasteiger partial charge in [-0.05, 0) is 53.9 Å². The lowest BCUT2D eigenvalue weighted by Gasteiger charge is -2.22. The van der Waals surface area contributed by atoms with E-state index in [1.54, 1.807) is 36.3 Å². The molecule has 7 heteroatoms. The first-order valence-corrected chi connectivity index (χ1v) is 10.3.